The molecule has 1 atom stereocenters. The maximum Gasteiger partial charge on any atom is 0.224 e. The fourth-order valence-corrected chi connectivity index (χ4v) is 3.28. The summed E-state index contributed by atoms with van der Waals surface area (Å²) >= 11 is 6.07. The molecule has 1 aliphatic rings. The van der Waals surface area contributed by atoms with E-state index in [-0.39, 0.29) is 6.04 Å². The van der Waals surface area contributed by atoms with E-state index in [1.807, 2.05) is 13.0 Å². The van der Waals surface area contributed by atoms with Gasteiger partial charge in [-0.2, -0.15) is 0 Å². The van der Waals surface area contributed by atoms with Crippen molar-refractivity contribution < 1.29 is 4.74 Å². The van der Waals surface area contributed by atoms with Crippen molar-refractivity contribution in [3.8, 4) is 5.75 Å². The summed E-state index contributed by atoms with van der Waals surface area (Å²) < 4.78 is 5.37. The first-order valence-electron chi connectivity index (χ1n) is 7.45. The quantitative estimate of drug-likeness (QED) is 0.788. The minimum absolute atomic E-state index is 0.225. The molecular weight excluding hydrogens is 298 g/mol. The van der Waals surface area contributed by atoms with Gasteiger partial charge >= 0.3 is 0 Å². The molecule has 1 aromatic carbocycles. The molecule has 1 aliphatic heterocycles. The summed E-state index contributed by atoms with van der Waals surface area (Å²) in [5, 5.41) is 0.307. The van der Waals surface area contributed by atoms with Gasteiger partial charge < -0.3 is 9.64 Å². The number of nitrogens with zero attached hydrogens (tertiary/aromatic N) is 3. The largest absolute Gasteiger partial charge is 0.497 e. The van der Waals surface area contributed by atoms with Crippen LogP contribution in [-0.2, 0) is 6.42 Å². The minimum atomic E-state index is 0.225. The first kappa shape index (κ1) is 15.1. The average Bonchev–Trinajstić information content (AvgIpc) is 2.51. The molecule has 1 unspecified atom stereocenters. The highest BCUT2D eigenvalue weighted by Crippen LogP contribution is 2.36. The Bertz CT molecular complexity index is 717. The topological polar surface area (TPSA) is 38.2 Å². The van der Waals surface area contributed by atoms with Crippen molar-refractivity contribution in [3.05, 3.63) is 45.9 Å². The van der Waals surface area contributed by atoms with Crippen LogP contribution in [0.2, 0.25) is 5.28 Å². The van der Waals surface area contributed by atoms with Gasteiger partial charge in [-0.05, 0) is 62.1 Å². The standard InChI is InChI=1S/C17H20ClN3O/c1-10-11(2)19-17(18)20-16(10)21-8-7-13-5-6-14(22-4)9-15(13)12(21)3/h5-6,9,12H,7-8H2,1-4H3. The molecule has 4 nitrogen and oxygen atoms in total. The highest BCUT2D eigenvalue weighted by molar-refractivity contribution is 6.28. The number of benzene rings is 1. The van der Waals surface area contributed by atoms with Crippen molar-refractivity contribution in [3.63, 3.8) is 0 Å². The Hall–Kier alpha value is -1.81. The summed E-state index contributed by atoms with van der Waals surface area (Å²) in [6.07, 6.45) is 0.990. The van der Waals surface area contributed by atoms with Crippen LogP contribution in [0.5, 0.6) is 5.75 Å². The smallest absolute Gasteiger partial charge is 0.224 e. The van der Waals surface area contributed by atoms with Gasteiger partial charge in [0.15, 0.2) is 0 Å². The average molecular weight is 318 g/mol. The van der Waals surface area contributed by atoms with Crippen LogP contribution in [0.1, 0.15) is 35.3 Å². The van der Waals surface area contributed by atoms with Crippen LogP contribution >= 0.6 is 11.6 Å². The minimum Gasteiger partial charge on any atom is -0.497 e. The van der Waals surface area contributed by atoms with Crippen LogP contribution in [0.15, 0.2) is 18.2 Å². The van der Waals surface area contributed by atoms with E-state index < -0.39 is 0 Å². The Kier molecular flexibility index (Phi) is 3.96. The molecule has 5 heteroatoms. The molecule has 0 saturated heterocycles. The number of halogens is 1. The van der Waals surface area contributed by atoms with E-state index in [0.29, 0.717) is 5.28 Å². The van der Waals surface area contributed by atoms with E-state index in [0.717, 1.165) is 35.8 Å². The van der Waals surface area contributed by atoms with Gasteiger partial charge in [-0.3, -0.25) is 0 Å². The molecule has 22 heavy (non-hydrogen) atoms. The zero-order chi connectivity index (χ0) is 15.9. The lowest BCUT2D eigenvalue weighted by molar-refractivity contribution is 0.413. The maximum atomic E-state index is 6.07. The van der Waals surface area contributed by atoms with Gasteiger partial charge in [-0.1, -0.05) is 6.07 Å². The van der Waals surface area contributed by atoms with Crippen LogP contribution in [0, 0.1) is 13.8 Å². The second-order valence-electron chi connectivity index (χ2n) is 5.71. The number of ether oxygens (including phenoxy) is 1. The Balaban J connectivity index is 2.04. The first-order chi connectivity index (χ1) is 10.5. The van der Waals surface area contributed by atoms with E-state index in [1.54, 1.807) is 7.11 Å². The number of hydrogen-bond acceptors (Lipinski definition) is 4. The fraction of sp³-hybridized carbons (Fsp3) is 0.412. The van der Waals surface area contributed by atoms with Gasteiger partial charge in [0, 0.05) is 17.8 Å². The lowest BCUT2D eigenvalue weighted by Gasteiger charge is -2.37. The monoisotopic (exact) mass is 317 g/mol. The van der Waals surface area contributed by atoms with Crippen molar-refractivity contribution >= 4 is 17.4 Å². The number of aromatic nitrogens is 2. The summed E-state index contributed by atoms with van der Waals surface area (Å²) in [7, 11) is 1.70. The molecule has 0 radical (unpaired) electrons. The van der Waals surface area contributed by atoms with Gasteiger partial charge in [0.05, 0.1) is 13.2 Å². The molecule has 0 bridgehead atoms. The molecule has 0 amide bonds. The van der Waals surface area contributed by atoms with Gasteiger partial charge in [0.2, 0.25) is 5.28 Å². The van der Waals surface area contributed by atoms with Gasteiger partial charge in [0.25, 0.3) is 0 Å². The van der Waals surface area contributed by atoms with Gasteiger partial charge in [0.1, 0.15) is 11.6 Å². The predicted molar refractivity (Wildman–Crippen MR) is 89.0 cm³/mol. The summed E-state index contributed by atoms with van der Waals surface area (Å²) in [5.41, 5.74) is 4.68. The van der Waals surface area contributed by atoms with E-state index >= 15 is 0 Å². The Morgan fingerprint density at radius 1 is 1.27 bits per heavy atom. The van der Waals surface area contributed by atoms with Crippen LogP contribution in [0.25, 0.3) is 0 Å². The van der Waals surface area contributed by atoms with Crippen molar-refractivity contribution in [2.75, 3.05) is 18.6 Å². The number of rotatable bonds is 2. The molecule has 0 N–H and O–H groups in total. The zero-order valence-corrected chi connectivity index (χ0v) is 14.1. The number of hydrogen-bond donors (Lipinski definition) is 0. The van der Waals surface area contributed by atoms with Crippen LogP contribution in [-0.4, -0.2) is 23.6 Å². The molecular formula is C17H20ClN3O. The SMILES string of the molecule is COc1ccc2c(c1)C(C)N(c1nc(Cl)nc(C)c1C)CC2. The number of methoxy groups -OCH3 is 1. The predicted octanol–water partition coefficient (Wildman–Crippen LogP) is 3.88. The van der Waals surface area contributed by atoms with E-state index in [2.05, 4.69) is 40.8 Å². The van der Waals surface area contributed by atoms with Crippen molar-refractivity contribution in [2.24, 2.45) is 0 Å². The van der Waals surface area contributed by atoms with E-state index in [1.165, 1.54) is 11.1 Å². The number of anilines is 1. The third kappa shape index (κ3) is 2.52. The summed E-state index contributed by atoms with van der Waals surface area (Å²) in [6.45, 7) is 7.14. The maximum absolute atomic E-state index is 6.07. The molecule has 0 aliphatic carbocycles. The van der Waals surface area contributed by atoms with Crippen LogP contribution in [0.4, 0.5) is 5.82 Å². The molecule has 3 rings (SSSR count). The Morgan fingerprint density at radius 2 is 2.05 bits per heavy atom. The normalized spacial score (nSPS) is 17.3. The van der Waals surface area contributed by atoms with E-state index in [4.69, 9.17) is 16.3 Å². The van der Waals surface area contributed by atoms with Crippen molar-refractivity contribution in [1.82, 2.24) is 9.97 Å². The second-order valence-corrected chi connectivity index (χ2v) is 6.05. The first-order valence-corrected chi connectivity index (χ1v) is 7.83. The highest BCUT2D eigenvalue weighted by atomic mass is 35.5. The summed E-state index contributed by atoms with van der Waals surface area (Å²) in [6, 6.07) is 6.53. The Labute approximate surface area is 136 Å². The molecule has 116 valence electrons. The number of aryl methyl sites for hydroxylation is 1. The molecule has 0 saturated carbocycles. The lowest BCUT2D eigenvalue weighted by atomic mass is 9.93. The highest BCUT2D eigenvalue weighted by Gasteiger charge is 2.27. The zero-order valence-electron chi connectivity index (χ0n) is 13.4. The lowest BCUT2D eigenvalue weighted by Crippen LogP contribution is -2.35. The summed E-state index contributed by atoms with van der Waals surface area (Å²) in [4.78, 5) is 11.0. The molecule has 1 aromatic heterocycles. The number of fused-ring (bicyclic) bond motifs is 1. The van der Waals surface area contributed by atoms with Crippen molar-refractivity contribution in [2.45, 2.75) is 33.2 Å². The fourth-order valence-electron chi connectivity index (χ4n) is 3.07. The van der Waals surface area contributed by atoms with Gasteiger partial charge in [-0.15, -0.1) is 0 Å². The molecule has 2 aromatic rings. The van der Waals surface area contributed by atoms with Crippen molar-refractivity contribution in [1.29, 1.82) is 0 Å². The van der Waals surface area contributed by atoms with Gasteiger partial charge in [-0.25, -0.2) is 9.97 Å². The Morgan fingerprint density at radius 3 is 2.77 bits per heavy atom. The summed E-state index contributed by atoms with van der Waals surface area (Å²) in [5.74, 6) is 1.82. The van der Waals surface area contributed by atoms with Crippen LogP contribution < -0.4 is 9.64 Å². The third-order valence-corrected chi connectivity index (χ3v) is 4.67. The molecule has 0 spiro atoms. The second kappa shape index (κ2) is 5.76. The van der Waals surface area contributed by atoms with E-state index in [9.17, 15) is 0 Å². The molecule has 2 heterocycles. The third-order valence-electron chi connectivity index (χ3n) is 4.50. The van der Waals surface area contributed by atoms with Crippen LogP contribution in [0.3, 0.4) is 0 Å². The molecule has 0 fully saturated rings.